The number of carboxylic acids is 1. The summed E-state index contributed by atoms with van der Waals surface area (Å²) in [4.78, 5) is 13.1. The van der Waals surface area contributed by atoms with Gasteiger partial charge in [-0.2, -0.15) is 0 Å². The Bertz CT molecular complexity index is 520. The highest BCUT2D eigenvalue weighted by Gasteiger charge is 2.36. The summed E-state index contributed by atoms with van der Waals surface area (Å²) in [5, 5.41) is 8.85. The molecule has 0 bridgehead atoms. The summed E-state index contributed by atoms with van der Waals surface area (Å²) in [6.07, 6.45) is 3.62. The molecule has 4 nitrogen and oxygen atoms in total. The largest absolute Gasteiger partial charge is 0.478 e. The highest BCUT2D eigenvalue weighted by Crippen LogP contribution is 2.30. The fraction of sp³-hybridized carbons (Fsp3) is 0.533. The normalized spacial score (nSPS) is 26.4. The van der Waals surface area contributed by atoms with E-state index in [1.54, 1.807) is 6.07 Å². The molecule has 2 fully saturated rings. The molecule has 1 saturated carbocycles. The van der Waals surface area contributed by atoms with E-state index >= 15 is 0 Å². The van der Waals surface area contributed by atoms with E-state index in [4.69, 9.17) is 9.84 Å². The van der Waals surface area contributed by atoms with Crippen molar-refractivity contribution in [3.05, 3.63) is 35.1 Å². The van der Waals surface area contributed by atoms with E-state index in [1.807, 2.05) is 0 Å². The molecule has 1 aromatic carbocycles. The van der Waals surface area contributed by atoms with Crippen molar-refractivity contribution in [1.29, 1.82) is 0 Å². The number of ether oxygens (including phenoxy) is 1. The van der Waals surface area contributed by atoms with Crippen molar-refractivity contribution in [3.8, 4) is 0 Å². The molecular weight excluding hydrogens is 261 g/mol. The van der Waals surface area contributed by atoms with E-state index < -0.39 is 11.8 Å². The molecule has 108 valence electrons. The average Bonchev–Trinajstić information content (AvgIpc) is 2.90. The zero-order chi connectivity index (χ0) is 14.1. The number of rotatable bonds is 3. The summed E-state index contributed by atoms with van der Waals surface area (Å²) < 4.78 is 19.7. The van der Waals surface area contributed by atoms with Crippen LogP contribution in [0.4, 0.5) is 4.39 Å². The summed E-state index contributed by atoms with van der Waals surface area (Å²) in [6.45, 7) is 2.02. The van der Waals surface area contributed by atoms with Gasteiger partial charge >= 0.3 is 5.97 Å². The molecule has 2 unspecified atom stereocenters. The first kappa shape index (κ1) is 13.5. The fourth-order valence-corrected chi connectivity index (χ4v) is 3.23. The van der Waals surface area contributed by atoms with E-state index in [2.05, 4.69) is 4.90 Å². The lowest BCUT2D eigenvalue weighted by Gasteiger charge is -2.37. The van der Waals surface area contributed by atoms with Gasteiger partial charge < -0.3 is 9.84 Å². The van der Waals surface area contributed by atoms with Crippen LogP contribution in [0.3, 0.4) is 0 Å². The third-order valence-corrected chi connectivity index (χ3v) is 4.27. The van der Waals surface area contributed by atoms with Crippen molar-refractivity contribution in [2.24, 2.45) is 0 Å². The number of carboxylic acid groups (broad SMARTS) is 1. The topological polar surface area (TPSA) is 49.8 Å². The smallest absolute Gasteiger partial charge is 0.335 e. The lowest BCUT2D eigenvalue weighted by molar-refractivity contribution is -0.0591. The molecule has 0 radical (unpaired) electrons. The number of hydrogen-bond donors (Lipinski definition) is 1. The SMILES string of the molecule is O=C(O)c1ccc(CN2CCOC3CCCC32)c(F)c1. The second-order valence-corrected chi connectivity index (χ2v) is 5.49. The Kier molecular flexibility index (Phi) is 3.72. The zero-order valence-electron chi connectivity index (χ0n) is 11.2. The average molecular weight is 279 g/mol. The first-order chi connectivity index (χ1) is 9.65. The van der Waals surface area contributed by atoms with Crippen LogP contribution >= 0.6 is 0 Å². The van der Waals surface area contributed by atoms with Gasteiger partial charge in [0.15, 0.2) is 0 Å². The van der Waals surface area contributed by atoms with Gasteiger partial charge in [-0.05, 0) is 31.4 Å². The zero-order valence-corrected chi connectivity index (χ0v) is 11.2. The molecule has 1 heterocycles. The summed E-state index contributed by atoms with van der Waals surface area (Å²) >= 11 is 0. The number of aromatic carboxylic acids is 1. The highest BCUT2D eigenvalue weighted by molar-refractivity contribution is 5.87. The van der Waals surface area contributed by atoms with Gasteiger partial charge in [0.05, 0.1) is 18.3 Å². The number of morpholine rings is 1. The van der Waals surface area contributed by atoms with Crippen LogP contribution in [0.5, 0.6) is 0 Å². The highest BCUT2D eigenvalue weighted by atomic mass is 19.1. The first-order valence-corrected chi connectivity index (χ1v) is 7.02. The van der Waals surface area contributed by atoms with Gasteiger partial charge in [-0.1, -0.05) is 6.07 Å². The molecule has 1 aliphatic carbocycles. The van der Waals surface area contributed by atoms with Crippen LogP contribution in [0.25, 0.3) is 0 Å². The molecule has 0 aromatic heterocycles. The van der Waals surface area contributed by atoms with Gasteiger partial charge in [-0.15, -0.1) is 0 Å². The van der Waals surface area contributed by atoms with Crippen LogP contribution in [0, 0.1) is 5.82 Å². The van der Waals surface area contributed by atoms with Crippen molar-refractivity contribution in [3.63, 3.8) is 0 Å². The Hall–Kier alpha value is -1.46. The van der Waals surface area contributed by atoms with Gasteiger partial charge in [0.2, 0.25) is 0 Å². The minimum Gasteiger partial charge on any atom is -0.478 e. The van der Waals surface area contributed by atoms with E-state index in [1.165, 1.54) is 6.07 Å². The van der Waals surface area contributed by atoms with Crippen molar-refractivity contribution in [1.82, 2.24) is 4.90 Å². The van der Waals surface area contributed by atoms with E-state index in [-0.39, 0.29) is 11.7 Å². The summed E-state index contributed by atoms with van der Waals surface area (Å²) in [6, 6.07) is 4.53. The van der Waals surface area contributed by atoms with Gasteiger partial charge in [0.25, 0.3) is 0 Å². The lowest BCUT2D eigenvalue weighted by Crippen LogP contribution is -2.47. The molecule has 20 heavy (non-hydrogen) atoms. The molecular formula is C15H18FNO3. The second-order valence-electron chi connectivity index (χ2n) is 5.49. The summed E-state index contributed by atoms with van der Waals surface area (Å²) in [5.74, 6) is -1.54. The van der Waals surface area contributed by atoms with Crippen LogP contribution in [0.1, 0.15) is 35.2 Å². The maximum Gasteiger partial charge on any atom is 0.335 e. The van der Waals surface area contributed by atoms with Crippen LogP contribution in [0.15, 0.2) is 18.2 Å². The molecule has 1 aromatic rings. The lowest BCUT2D eigenvalue weighted by atomic mass is 10.1. The predicted octanol–water partition coefficient (Wildman–Crippen LogP) is 2.28. The minimum atomic E-state index is -1.10. The first-order valence-electron chi connectivity index (χ1n) is 7.02. The molecule has 5 heteroatoms. The Morgan fingerprint density at radius 3 is 3.05 bits per heavy atom. The quantitative estimate of drug-likeness (QED) is 0.922. The van der Waals surface area contributed by atoms with E-state index in [0.717, 1.165) is 31.9 Å². The molecule has 0 spiro atoms. The summed E-state index contributed by atoms with van der Waals surface area (Å²) in [7, 11) is 0. The van der Waals surface area contributed by atoms with Crippen LogP contribution in [0.2, 0.25) is 0 Å². The summed E-state index contributed by atoms with van der Waals surface area (Å²) in [5.41, 5.74) is 0.550. The molecule has 3 rings (SSSR count). The molecule has 0 amide bonds. The maximum atomic E-state index is 14.0. The fourth-order valence-electron chi connectivity index (χ4n) is 3.23. The van der Waals surface area contributed by atoms with E-state index in [0.29, 0.717) is 24.8 Å². The van der Waals surface area contributed by atoms with Crippen molar-refractivity contribution in [2.45, 2.75) is 38.0 Å². The standard InChI is InChI=1S/C15H18FNO3/c16-12-8-10(15(18)19)4-5-11(12)9-17-6-7-20-14-3-1-2-13(14)17/h4-5,8,13-14H,1-3,6-7,9H2,(H,18,19). The third-order valence-electron chi connectivity index (χ3n) is 4.27. The van der Waals surface area contributed by atoms with Crippen LogP contribution < -0.4 is 0 Å². The van der Waals surface area contributed by atoms with Crippen molar-refractivity contribution >= 4 is 5.97 Å². The Balaban J connectivity index is 1.75. The maximum absolute atomic E-state index is 14.0. The Labute approximate surface area is 117 Å². The number of hydrogen-bond acceptors (Lipinski definition) is 3. The van der Waals surface area contributed by atoms with E-state index in [9.17, 15) is 9.18 Å². The molecule has 2 aliphatic rings. The number of halogens is 1. The minimum absolute atomic E-state index is 0.00743. The van der Waals surface area contributed by atoms with Gasteiger partial charge in [-0.3, -0.25) is 4.90 Å². The molecule has 2 atom stereocenters. The molecule has 1 saturated heterocycles. The number of nitrogens with zero attached hydrogens (tertiary/aromatic N) is 1. The van der Waals surface area contributed by atoms with Gasteiger partial charge in [0.1, 0.15) is 5.82 Å². The molecule has 1 N–H and O–H groups in total. The Morgan fingerprint density at radius 2 is 2.30 bits per heavy atom. The monoisotopic (exact) mass is 279 g/mol. The van der Waals surface area contributed by atoms with Crippen molar-refractivity contribution < 1.29 is 19.0 Å². The Morgan fingerprint density at radius 1 is 1.45 bits per heavy atom. The number of benzene rings is 1. The van der Waals surface area contributed by atoms with Gasteiger partial charge in [0, 0.05) is 24.7 Å². The van der Waals surface area contributed by atoms with Gasteiger partial charge in [-0.25, -0.2) is 9.18 Å². The number of fused-ring (bicyclic) bond motifs is 1. The molecule has 1 aliphatic heterocycles. The predicted molar refractivity (Wildman–Crippen MR) is 71.1 cm³/mol. The van der Waals surface area contributed by atoms with Crippen LogP contribution in [-0.2, 0) is 11.3 Å². The third kappa shape index (κ3) is 2.55. The van der Waals surface area contributed by atoms with Crippen LogP contribution in [-0.4, -0.2) is 41.3 Å². The van der Waals surface area contributed by atoms with Crippen molar-refractivity contribution in [2.75, 3.05) is 13.2 Å². The second kappa shape index (κ2) is 5.50. The number of carbonyl (C=O) groups is 1.